The summed E-state index contributed by atoms with van der Waals surface area (Å²) in [6.07, 6.45) is 10.1. The molecule has 2 unspecified atom stereocenters. The average Bonchev–Trinajstić information content (AvgIpc) is 2.68. The van der Waals surface area contributed by atoms with Crippen molar-refractivity contribution in [2.45, 2.75) is 31.3 Å². The Morgan fingerprint density at radius 3 is 3.00 bits per heavy atom. The van der Waals surface area contributed by atoms with Gasteiger partial charge in [-0.25, -0.2) is 0 Å². The summed E-state index contributed by atoms with van der Waals surface area (Å²) in [5, 5.41) is 2.52. The first-order valence-corrected chi connectivity index (χ1v) is 7.08. The molecule has 19 heavy (non-hydrogen) atoms. The SMILES string of the molecule is CN1C2C=C(c3ccc4ccncc4c3)CC1CC2. The Morgan fingerprint density at radius 2 is 2.11 bits per heavy atom. The number of rotatable bonds is 1. The molecule has 1 saturated heterocycles. The van der Waals surface area contributed by atoms with E-state index in [1.807, 2.05) is 12.4 Å². The number of benzene rings is 1. The number of hydrogen-bond acceptors (Lipinski definition) is 2. The van der Waals surface area contributed by atoms with Gasteiger partial charge in [-0.2, -0.15) is 0 Å². The van der Waals surface area contributed by atoms with Crippen LogP contribution in [0.25, 0.3) is 16.3 Å². The lowest BCUT2D eigenvalue weighted by atomic mass is 9.94. The molecule has 2 aliphatic rings. The van der Waals surface area contributed by atoms with Gasteiger partial charge in [0.05, 0.1) is 0 Å². The van der Waals surface area contributed by atoms with Gasteiger partial charge in [0, 0.05) is 29.9 Å². The quantitative estimate of drug-likeness (QED) is 0.770. The van der Waals surface area contributed by atoms with Gasteiger partial charge in [-0.1, -0.05) is 18.2 Å². The van der Waals surface area contributed by atoms with Gasteiger partial charge in [-0.3, -0.25) is 9.88 Å². The third-order valence-electron chi connectivity index (χ3n) is 4.76. The van der Waals surface area contributed by atoms with Crippen LogP contribution < -0.4 is 0 Å². The molecule has 96 valence electrons. The van der Waals surface area contributed by atoms with Gasteiger partial charge in [0.15, 0.2) is 0 Å². The van der Waals surface area contributed by atoms with E-state index in [-0.39, 0.29) is 0 Å². The number of nitrogens with zero attached hydrogens (tertiary/aromatic N) is 2. The van der Waals surface area contributed by atoms with E-state index in [1.165, 1.54) is 41.2 Å². The second-order valence-electron chi connectivity index (χ2n) is 5.80. The summed E-state index contributed by atoms with van der Waals surface area (Å²) in [7, 11) is 2.26. The van der Waals surface area contributed by atoms with Crippen molar-refractivity contribution < 1.29 is 0 Å². The van der Waals surface area contributed by atoms with Gasteiger partial charge in [-0.15, -0.1) is 0 Å². The van der Waals surface area contributed by atoms with E-state index < -0.39 is 0 Å². The van der Waals surface area contributed by atoms with Crippen molar-refractivity contribution in [1.29, 1.82) is 0 Å². The van der Waals surface area contributed by atoms with Gasteiger partial charge < -0.3 is 0 Å². The minimum Gasteiger partial charge on any atom is -0.297 e. The van der Waals surface area contributed by atoms with E-state index in [9.17, 15) is 0 Å². The predicted octanol–water partition coefficient (Wildman–Crippen LogP) is 3.48. The van der Waals surface area contributed by atoms with Crippen LogP contribution in [0, 0.1) is 0 Å². The molecule has 0 radical (unpaired) electrons. The molecule has 2 aliphatic heterocycles. The average molecular weight is 250 g/mol. The molecule has 1 aromatic heterocycles. The first-order valence-electron chi connectivity index (χ1n) is 7.08. The Balaban J connectivity index is 1.77. The lowest BCUT2D eigenvalue weighted by molar-refractivity contribution is 0.264. The highest BCUT2D eigenvalue weighted by atomic mass is 15.2. The highest BCUT2D eigenvalue weighted by Crippen LogP contribution is 2.37. The molecule has 0 spiro atoms. The Hall–Kier alpha value is -1.67. The zero-order valence-corrected chi connectivity index (χ0v) is 11.2. The fourth-order valence-corrected chi connectivity index (χ4v) is 3.54. The highest BCUT2D eigenvalue weighted by molar-refractivity contribution is 5.85. The number of fused-ring (bicyclic) bond motifs is 3. The molecule has 2 atom stereocenters. The Morgan fingerprint density at radius 1 is 1.16 bits per heavy atom. The van der Waals surface area contributed by atoms with E-state index in [2.05, 4.69) is 47.3 Å². The molecule has 1 fully saturated rings. The van der Waals surface area contributed by atoms with E-state index in [1.54, 1.807) is 0 Å². The standard InChI is InChI=1S/C17H18N2/c1-19-16-4-5-17(19)10-14(9-16)13-3-2-12-6-7-18-11-15(12)8-13/h2-3,6-9,11,16-17H,4-5,10H2,1H3. The maximum absolute atomic E-state index is 4.23. The third kappa shape index (κ3) is 1.79. The minimum atomic E-state index is 0.651. The second-order valence-corrected chi connectivity index (χ2v) is 5.80. The number of likely N-dealkylation sites (N-methyl/N-ethyl adjacent to an activating group) is 1. The van der Waals surface area contributed by atoms with Crippen LogP contribution in [0.2, 0.25) is 0 Å². The van der Waals surface area contributed by atoms with E-state index >= 15 is 0 Å². The third-order valence-corrected chi connectivity index (χ3v) is 4.76. The Bertz CT molecular complexity index is 659. The van der Waals surface area contributed by atoms with Crippen LogP contribution in [0.15, 0.2) is 42.7 Å². The molecule has 1 aromatic carbocycles. The van der Waals surface area contributed by atoms with Gasteiger partial charge in [0.25, 0.3) is 0 Å². The van der Waals surface area contributed by atoms with Crippen LogP contribution in [-0.4, -0.2) is 29.0 Å². The van der Waals surface area contributed by atoms with Crippen LogP contribution in [0.1, 0.15) is 24.8 Å². The first-order chi connectivity index (χ1) is 9.31. The fourth-order valence-electron chi connectivity index (χ4n) is 3.54. The predicted molar refractivity (Wildman–Crippen MR) is 78.9 cm³/mol. The summed E-state index contributed by atoms with van der Waals surface area (Å²) in [6, 6.07) is 10.2. The summed E-state index contributed by atoms with van der Waals surface area (Å²) < 4.78 is 0. The molecule has 2 heteroatoms. The van der Waals surface area contributed by atoms with Crippen LogP contribution >= 0.6 is 0 Å². The number of pyridine rings is 1. The summed E-state index contributed by atoms with van der Waals surface area (Å²) >= 11 is 0. The topological polar surface area (TPSA) is 16.1 Å². The van der Waals surface area contributed by atoms with Gasteiger partial charge in [-0.05, 0) is 55.0 Å². The van der Waals surface area contributed by atoms with E-state index in [0.29, 0.717) is 6.04 Å². The molecule has 4 rings (SSSR count). The van der Waals surface area contributed by atoms with Crippen molar-refractivity contribution in [2.75, 3.05) is 7.05 Å². The van der Waals surface area contributed by atoms with Gasteiger partial charge in [0.2, 0.25) is 0 Å². The lowest BCUT2D eigenvalue weighted by Crippen LogP contribution is -2.34. The Kier molecular flexibility index (Phi) is 2.46. The fraction of sp³-hybridized carbons (Fsp3) is 0.353. The normalized spacial score (nSPS) is 26.7. The monoisotopic (exact) mass is 250 g/mol. The molecular formula is C17H18N2. The minimum absolute atomic E-state index is 0.651. The van der Waals surface area contributed by atoms with Crippen molar-refractivity contribution in [2.24, 2.45) is 0 Å². The molecule has 2 bridgehead atoms. The Labute approximate surface area is 113 Å². The summed E-state index contributed by atoms with van der Waals surface area (Å²) in [6.45, 7) is 0. The molecule has 0 saturated carbocycles. The molecule has 3 heterocycles. The van der Waals surface area contributed by atoms with Crippen LogP contribution in [0.4, 0.5) is 0 Å². The number of hydrogen-bond donors (Lipinski definition) is 0. The van der Waals surface area contributed by atoms with Gasteiger partial charge >= 0.3 is 0 Å². The zero-order valence-electron chi connectivity index (χ0n) is 11.2. The van der Waals surface area contributed by atoms with E-state index in [0.717, 1.165) is 6.04 Å². The van der Waals surface area contributed by atoms with E-state index in [4.69, 9.17) is 0 Å². The molecule has 2 aromatic rings. The van der Waals surface area contributed by atoms with Crippen LogP contribution in [-0.2, 0) is 0 Å². The summed E-state index contributed by atoms with van der Waals surface area (Å²) in [5.41, 5.74) is 2.90. The molecule has 2 nitrogen and oxygen atoms in total. The largest absolute Gasteiger partial charge is 0.297 e. The highest BCUT2D eigenvalue weighted by Gasteiger charge is 2.33. The van der Waals surface area contributed by atoms with Crippen LogP contribution in [0.5, 0.6) is 0 Å². The molecule has 0 aliphatic carbocycles. The lowest BCUT2D eigenvalue weighted by Gasteiger charge is -2.30. The van der Waals surface area contributed by atoms with Crippen molar-refractivity contribution in [3.05, 3.63) is 48.3 Å². The second kappa shape index (κ2) is 4.17. The van der Waals surface area contributed by atoms with Crippen molar-refractivity contribution >= 4 is 16.3 Å². The molecular weight excluding hydrogens is 232 g/mol. The smallest absolute Gasteiger partial charge is 0.0346 e. The molecule has 0 amide bonds. The molecule has 0 N–H and O–H groups in total. The summed E-state index contributed by atoms with van der Waals surface area (Å²) in [5.74, 6) is 0. The van der Waals surface area contributed by atoms with Crippen LogP contribution in [0.3, 0.4) is 0 Å². The summed E-state index contributed by atoms with van der Waals surface area (Å²) in [4.78, 5) is 6.76. The van der Waals surface area contributed by atoms with Crippen molar-refractivity contribution in [1.82, 2.24) is 9.88 Å². The van der Waals surface area contributed by atoms with Crippen molar-refractivity contribution in [3.63, 3.8) is 0 Å². The maximum atomic E-state index is 4.23. The maximum Gasteiger partial charge on any atom is 0.0346 e. The van der Waals surface area contributed by atoms with Crippen molar-refractivity contribution in [3.8, 4) is 0 Å². The zero-order chi connectivity index (χ0) is 12.8. The first kappa shape index (κ1) is 11.2. The van der Waals surface area contributed by atoms with Gasteiger partial charge in [0.1, 0.15) is 0 Å². The number of aromatic nitrogens is 1.